The van der Waals surface area contributed by atoms with E-state index in [1.54, 1.807) is 18.2 Å². The van der Waals surface area contributed by atoms with Crippen molar-refractivity contribution >= 4 is 33.4 Å². The van der Waals surface area contributed by atoms with Crippen LogP contribution in [0.1, 0.15) is 19.3 Å². The highest BCUT2D eigenvalue weighted by Gasteiger charge is 2.34. The summed E-state index contributed by atoms with van der Waals surface area (Å²) in [5.74, 6) is 0.196. The molecule has 4 nitrogen and oxygen atoms in total. The molecule has 1 aromatic rings. The predicted molar refractivity (Wildman–Crippen MR) is 76.5 cm³/mol. The molecule has 0 aliphatic heterocycles. The molecule has 1 amide bonds. The van der Waals surface area contributed by atoms with Gasteiger partial charge in [0.05, 0.1) is 10.6 Å². The quantitative estimate of drug-likeness (QED) is 0.859. The Labute approximate surface area is 125 Å². The van der Waals surface area contributed by atoms with Crippen LogP contribution in [-0.2, 0) is 4.79 Å². The summed E-state index contributed by atoms with van der Waals surface area (Å²) < 4.78 is 6.17. The molecular formula is C13H15BrClNO3. The molecule has 1 fully saturated rings. The first-order chi connectivity index (χ1) is 8.98. The van der Waals surface area contributed by atoms with Gasteiger partial charge in [0.1, 0.15) is 5.75 Å². The molecule has 0 unspecified atom stereocenters. The number of hydrogen-bond acceptors (Lipinski definition) is 3. The summed E-state index contributed by atoms with van der Waals surface area (Å²) >= 11 is 9.26. The highest BCUT2D eigenvalue weighted by Crippen LogP contribution is 2.30. The zero-order valence-electron chi connectivity index (χ0n) is 10.3. The van der Waals surface area contributed by atoms with E-state index >= 15 is 0 Å². The number of halogens is 2. The molecule has 0 saturated heterocycles. The molecule has 0 atom stereocenters. The van der Waals surface area contributed by atoms with Crippen molar-refractivity contribution in [1.29, 1.82) is 0 Å². The third kappa shape index (κ3) is 4.09. The zero-order chi connectivity index (χ0) is 13.9. The summed E-state index contributed by atoms with van der Waals surface area (Å²) in [7, 11) is 0. The van der Waals surface area contributed by atoms with Crippen LogP contribution in [0, 0.1) is 0 Å². The van der Waals surface area contributed by atoms with E-state index in [4.69, 9.17) is 16.3 Å². The predicted octanol–water partition coefficient (Wildman–Crippen LogP) is 2.51. The van der Waals surface area contributed by atoms with Crippen LogP contribution < -0.4 is 10.1 Å². The lowest BCUT2D eigenvalue weighted by molar-refractivity contribution is -0.125. The fourth-order valence-corrected chi connectivity index (χ4v) is 2.54. The molecule has 0 heterocycles. The second-order valence-electron chi connectivity index (χ2n) is 4.72. The van der Waals surface area contributed by atoms with Crippen molar-refractivity contribution in [1.82, 2.24) is 5.32 Å². The zero-order valence-corrected chi connectivity index (χ0v) is 12.6. The Morgan fingerprint density at radius 3 is 2.84 bits per heavy atom. The van der Waals surface area contributed by atoms with Crippen LogP contribution in [-0.4, -0.2) is 29.8 Å². The molecule has 1 aromatic carbocycles. The van der Waals surface area contributed by atoms with Crippen molar-refractivity contribution in [2.75, 3.05) is 13.2 Å². The first kappa shape index (κ1) is 14.6. The maximum atomic E-state index is 11.6. The van der Waals surface area contributed by atoms with Gasteiger partial charge in [-0.25, -0.2) is 0 Å². The lowest BCUT2D eigenvalue weighted by Gasteiger charge is -2.36. The van der Waals surface area contributed by atoms with Crippen molar-refractivity contribution in [2.45, 2.75) is 24.9 Å². The first-order valence-corrected chi connectivity index (χ1v) is 7.23. The molecule has 1 aliphatic carbocycles. The summed E-state index contributed by atoms with van der Waals surface area (Å²) in [6.07, 6.45) is 2.50. The molecule has 0 spiro atoms. The van der Waals surface area contributed by atoms with E-state index in [1.807, 2.05) is 0 Å². The first-order valence-electron chi connectivity index (χ1n) is 6.05. The summed E-state index contributed by atoms with van der Waals surface area (Å²) in [4.78, 5) is 11.6. The van der Waals surface area contributed by atoms with Gasteiger partial charge in [-0.3, -0.25) is 4.79 Å². The van der Waals surface area contributed by atoms with Crippen LogP contribution in [0.2, 0.25) is 5.02 Å². The maximum Gasteiger partial charge on any atom is 0.258 e. The van der Waals surface area contributed by atoms with Crippen molar-refractivity contribution in [3.8, 4) is 5.75 Å². The smallest absolute Gasteiger partial charge is 0.258 e. The van der Waals surface area contributed by atoms with Crippen LogP contribution in [0.5, 0.6) is 5.75 Å². The Morgan fingerprint density at radius 1 is 1.53 bits per heavy atom. The fraction of sp³-hybridized carbons (Fsp3) is 0.462. The topological polar surface area (TPSA) is 58.6 Å². The Hall–Kier alpha value is -0.780. The van der Waals surface area contributed by atoms with Gasteiger partial charge in [-0.1, -0.05) is 27.5 Å². The van der Waals surface area contributed by atoms with Crippen LogP contribution in [0.15, 0.2) is 22.7 Å². The van der Waals surface area contributed by atoms with Gasteiger partial charge >= 0.3 is 0 Å². The number of carbonyl (C=O) groups excluding carboxylic acids is 1. The summed E-state index contributed by atoms with van der Waals surface area (Å²) in [6.45, 7) is 0.167. The highest BCUT2D eigenvalue weighted by atomic mass is 79.9. The minimum absolute atomic E-state index is 0.114. The van der Waals surface area contributed by atoms with E-state index in [0.29, 0.717) is 10.8 Å². The average molecular weight is 349 g/mol. The molecule has 0 bridgehead atoms. The van der Waals surface area contributed by atoms with Gasteiger partial charge in [0.25, 0.3) is 5.91 Å². The van der Waals surface area contributed by atoms with E-state index in [2.05, 4.69) is 21.2 Å². The van der Waals surface area contributed by atoms with Gasteiger partial charge in [0.2, 0.25) is 0 Å². The number of amides is 1. The second kappa shape index (κ2) is 6.11. The van der Waals surface area contributed by atoms with E-state index in [9.17, 15) is 9.90 Å². The third-order valence-electron chi connectivity index (χ3n) is 3.15. The summed E-state index contributed by atoms with van der Waals surface area (Å²) in [5.41, 5.74) is -0.717. The van der Waals surface area contributed by atoms with Gasteiger partial charge in [-0.05, 0) is 37.5 Å². The van der Waals surface area contributed by atoms with Crippen molar-refractivity contribution in [3.63, 3.8) is 0 Å². The number of nitrogens with one attached hydrogen (secondary N) is 1. The number of hydrogen-bond donors (Lipinski definition) is 2. The lowest BCUT2D eigenvalue weighted by Crippen LogP contribution is -2.48. The van der Waals surface area contributed by atoms with Gasteiger partial charge < -0.3 is 15.2 Å². The maximum absolute atomic E-state index is 11.6. The van der Waals surface area contributed by atoms with Crippen LogP contribution in [0.4, 0.5) is 0 Å². The highest BCUT2D eigenvalue weighted by molar-refractivity contribution is 9.10. The number of aliphatic hydroxyl groups is 1. The van der Waals surface area contributed by atoms with Gasteiger partial charge in [0, 0.05) is 11.0 Å². The van der Waals surface area contributed by atoms with Crippen LogP contribution in [0.25, 0.3) is 0 Å². The summed E-state index contributed by atoms with van der Waals surface area (Å²) in [5, 5.41) is 12.9. The van der Waals surface area contributed by atoms with E-state index < -0.39 is 5.60 Å². The molecule has 19 heavy (non-hydrogen) atoms. The SMILES string of the molecule is O=C(COc1ccc(Br)cc1Cl)NCC1(O)CCC1. The minimum Gasteiger partial charge on any atom is -0.482 e. The molecular weight excluding hydrogens is 334 g/mol. The Kier molecular flexibility index (Phi) is 4.71. The molecule has 0 radical (unpaired) electrons. The molecule has 104 valence electrons. The number of benzene rings is 1. The van der Waals surface area contributed by atoms with Gasteiger partial charge in [0.15, 0.2) is 6.61 Å². The lowest BCUT2D eigenvalue weighted by atomic mass is 9.80. The second-order valence-corrected chi connectivity index (χ2v) is 6.04. The minimum atomic E-state index is -0.717. The monoisotopic (exact) mass is 347 g/mol. The van der Waals surface area contributed by atoms with Crippen LogP contribution in [0.3, 0.4) is 0 Å². The fourth-order valence-electron chi connectivity index (χ4n) is 1.81. The molecule has 2 N–H and O–H groups in total. The third-order valence-corrected chi connectivity index (χ3v) is 3.94. The van der Waals surface area contributed by atoms with E-state index in [0.717, 1.165) is 23.7 Å². The van der Waals surface area contributed by atoms with Crippen molar-refractivity contribution < 1.29 is 14.6 Å². The van der Waals surface area contributed by atoms with Crippen LogP contribution >= 0.6 is 27.5 Å². The Balaban J connectivity index is 1.76. The van der Waals surface area contributed by atoms with Crippen molar-refractivity contribution in [3.05, 3.63) is 27.7 Å². The number of ether oxygens (including phenoxy) is 1. The molecule has 2 rings (SSSR count). The average Bonchev–Trinajstić information content (AvgIpc) is 2.33. The Morgan fingerprint density at radius 2 is 2.26 bits per heavy atom. The standard InChI is InChI=1S/C13H15BrClNO3/c14-9-2-3-11(10(15)6-9)19-7-12(17)16-8-13(18)4-1-5-13/h2-3,6,18H,1,4-5,7-8H2,(H,16,17). The number of carbonyl (C=O) groups is 1. The number of rotatable bonds is 5. The normalized spacial score (nSPS) is 16.6. The molecule has 1 aliphatic rings. The molecule has 1 saturated carbocycles. The Bertz CT molecular complexity index is 477. The summed E-state index contributed by atoms with van der Waals surface area (Å²) in [6, 6.07) is 5.18. The molecule has 0 aromatic heterocycles. The van der Waals surface area contributed by atoms with Gasteiger partial charge in [-0.15, -0.1) is 0 Å². The van der Waals surface area contributed by atoms with E-state index in [1.165, 1.54) is 0 Å². The van der Waals surface area contributed by atoms with Gasteiger partial charge in [-0.2, -0.15) is 0 Å². The van der Waals surface area contributed by atoms with Crippen molar-refractivity contribution in [2.24, 2.45) is 0 Å². The molecule has 6 heteroatoms. The van der Waals surface area contributed by atoms with E-state index in [-0.39, 0.29) is 19.1 Å². The largest absolute Gasteiger partial charge is 0.482 e.